The number of carbonyl (C=O) groups is 2. The number of aromatic nitrogens is 2. The Kier molecular flexibility index (Phi) is 7.57. The van der Waals surface area contributed by atoms with Gasteiger partial charge in [-0.3, -0.25) is 9.59 Å². The summed E-state index contributed by atoms with van der Waals surface area (Å²) < 4.78 is 0. The molecule has 1 saturated heterocycles. The molecule has 0 atom stereocenters. The maximum Gasteiger partial charge on any atom is 0.254 e. The lowest BCUT2D eigenvalue weighted by Crippen LogP contribution is -2.48. The summed E-state index contributed by atoms with van der Waals surface area (Å²) in [5.41, 5.74) is 8.41. The number of rotatable bonds is 7. The summed E-state index contributed by atoms with van der Waals surface area (Å²) in [4.78, 5) is 36.2. The van der Waals surface area contributed by atoms with Crippen LogP contribution in [0.2, 0.25) is 10.0 Å². The second-order valence-electron chi connectivity index (χ2n) is 8.09. The zero-order valence-corrected chi connectivity index (χ0v) is 20.6. The number of hydrogen-bond donors (Lipinski definition) is 3. The zero-order valence-electron chi connectivity index (χ0n) is 19.1. The van der Waals surface area contributed by atoms with E-state index in [0.29, 0.717) is 41.4 Å². The molecule has 0 spiro atoms. The van der Waals surface area contributed by atoms with E-state index >= 15 is 0 Å². The van der Waals surface area contributed by atoms with Gasteiger partial charge in [-0.05, 0) is 42.0 Å². The molecule has 1 aliphatic heterocycles. The van der Waals surface area contributed by atoms with Crippen LogP contribution in [0.3, 0.4) is 0 Å². The van der Waals surface area contributed by atoms with Crippen molar-refractivity contribution in [1.82, 2.24) is 14.9 Å². The minimum atomic E-state index is -0.637. The molecule has 2 heterocycles. The van der Waals surface area contributed by atoms with Crippen LogP contribution < -0.4 is 21.3 Å². The minimum Gasteiger partial charge on any atom is -0.368 e. The topological polar surface area (TPSA) is 116 Å². The largest absolute Gasteiger partial charge is 0.368 e. The number of halogens is 2. The first-order valence-electron chi connectivity index (χ1n) is 11.0. The van der Waals surface area contributed by atoms with E-state index in [9.17, 15) is 9.59 Å². The van der Waals surface area contributed by atoms with E-state index in [0.717, 1.165) is 30.0 Å². The number of piperazine rings is 1. The normalized spacial score (nSPS) is 13.5. The standard InChI is InChI=1S/C24H25Cl2N7O2/c1-15(34)32-8-10-33(11-9-32)18-5-3-17(4-6-18)30-24-29-14-19(22(27)35)23(31-24)28-13-16-2-7-20(25)21(26)12-16/h2-7,12,14H,8-11,13H2,1H3,(H2,27,35)(H2,28,29,30,31). The maximum absolute atomic E-state index is 11.9. The number of nitrogens with one attached hydrogen (secondary N) is 2. The van der Waals surface area contributed by atoms with Gasteiger partial charge in [-0.25, -0.2) is 4.98 Å². The van der Waals surface area contributed by atoms with E-state index in [2.05, 4.69) is 25.5 Å². The lowest BCUT2D eigenvalue weighted by Gasteiger charge is -2.35. The van der Waals surface area contributed by atoms with Gasteiger partial charge in [0, 0.05) is 57.2 Å². The van der Waals surface area contributed by atoms with Gasteiger partial charge in [-0.15, -0.1) is 0 Å². The van der Waals surface area contributed by atoms with Crippen LogP contribution >= 0.6 is 23.2 Å². The highest BCUT2D eigenvalue weighted by Crippen LogP contribution is 2.25. The second-order valence-corrected chi connectivity index (χ2v) is 8.90. The minimum absolute atomic E-state index is 0.109. The van der Waals surface area contributed by atoms with Crippen molar-refractivity contribution in [3.05, 3.63) is 69.8 Å². The van der Waals surface area contributed by atoms with Crippen molar-refractivity contribution in [3.63, 3.8) is 0 Å². The van der Waals surface area contributed by atoms with E-state index in [1.807, 2.05) is 35.2 Å². The Morgan fingerprint density at radius 3 is 2.37 bits per heavy atom. The van der Waals surface area contributed by atoms with E-state index in [1.54, 1.807) is 19.1 Å². The van der Waals surface area contributed by atoms with Crippen LogP contribution in [0.15, 0.2) is 48.7 Å². The van der Waals surface area contributed by atoms with Crippen molar-refractivity contribution in [2.75, 3.05) is 41.7 Å². The third kappa shape index (κ3) is 6.12. The van der Waals surface area contributed by atoms with Crippen molar-refractivity contribution < 1.29 is 9.59 Å². The number of primary amides is 1. The lowest BCUT2D eigenvalue weighted by molar-refractivity contribution is -0.129. The van der Waals surface area contributed by atoms with Gasteiger partial charge in [0.1, 0.15) is 5.82 Å². The van der Waals surface area contributed by atoms with Gasteiger partial charge >= 0.3 is 0 Å². The third-order valence-electron chi connectivity index (χ3n) is 5.71. The molecule has 4 N–H and O–H groups in total. The molecule has 35 heavy (non-hydrogen) atoms. The highest BCUT2D eigenvalue weighted by molar-refractivity contribution is 6.42. The van der Waals surface area contributed by atoms with Crippen LogP contribution in [0.4, 0.5) is 23.1 Å². The molecule has 4 rings (SSSR count). The Morgan fingerprint density at radius 2 is 1.74 bits per heavy atom. The molecular weight excluding hydrogens is 489 g/mol. The van der Waals surface area contributed by atoms with Gasteiger partial charge in [-0.1, -0.05) is 29.3 Å². The summed E-state index contributed by atoms with van der Waals surface area (Å²) in [5.74, 6) is 0.0929. The molecule has 182 valence electrons. The number of nitrogens with two attached hydrogens (primary N) is 1. The van der Waals surface area contributed by atoms with Crippen LogP contribution in [0.5, 0.6) is 0 Å². The second kappa shape index (κ2) is 10.8. The van der Waals surface area contributed by atoms with Crippen molar-refractivity contribution in [3.8, 4) is 0 Å². The van der Waals surface area contributed by atoms with Gasteiger partial charge in [0.2, 0.25) is 11.9 Å². The fraction of sp³-hybridized carbons (Fsp3) is 0.250. The van der Waals surface area contributed by atoms with Gasteiger partial charge < -0.3 is 26.2 Å². The summed E-state index contributed by atoms with van der Waals surface area (Å²) in [7, 11) is 0. The fourth-order valence-electron chi connectivity index (χ4n) is 3.76. The van der Waals surface area contributed by atoms with Crippen molar-refractivity contribution >= 4 is 58.2 Å². The molecule has 9 nitrogen and oxygen atoms in total. The predicted molar refractivity (Wildman–Crippen MR) is 139 cm³/mol. The lowest BCUT2D eigenvalue weighted by atomic mass is 10.2. The first-order valence-corrected chi connectivity index (χ1v) is 11.8. The molecule has 0 radical (unpaired) electrons. The van der Waals surface area contributed by atoms with Gasteiger partial charge in [0.25, 0.3) is 5.91 Å². The number of amides is 2. The van der Waals surface area contributed by atoms with E-state index < -0.39 is 5.91 Å². The molecule has 2 amide bonds. The highest BCUT2D eigenvalue weighted by atomic mass is 35.5. The van der Waals surface area contributed by atoms with Crippen LogP contribution in [-0.4, -0.2) is 52.9 Å². The summed E-state index contributed by atoms with van der Waals surface area (Å²) in [6.07, 6.45) is 1.39. The monoisotopic (exact) mass is 513 g/mol. The van der Waals surface area contributed by atoms with Crippen LogP contribution in [0.25, 0.3) is 0 Å². The number of hydrogen-bond acceptors (Lipinski definition) is 7. The summed E-state index contributed by atoms with van der Waals surface area (Å²) in [5, 5.41) is 7.18. The van der Waals surface area contributed by atoms with Crippen LogP contribution in [0.1, 0.15) is 22.8 Å². The fourth-order valence-corrected chi connectivity index (χ4v) is 4.08. The summed E-state index contributed by atoms with van der Waals surface area (Å²) in [6, 6.07) is 13.1. The molecule has 1 fully saturated rings. The number of anilines is 4. The molecule has 2 aromatic carbocycles. The van der Waals surface area contributed by atoms with E-state index in [4.69, 9.17) is 28.9 Å². The van der Waals surface area contributed by atoms with Gasteiger partial charge in [0.05, 0.1) is 15.6 Å². The predicted octanol–water partition coefficient (Wildman–Crippen LogP) is 3.91. The average Bonchev–Trinajstić information content (AvgIpc) is 2.85. The Morgan fingerprint density at radius 1 is 1.03 bits per heavy atom. The van der Waals surface area contributed by atoms with Crippen LogP contribution in [0, 0.1) is 0 Å². The average molecular weight is 514 g/mol. The van der Waals surface area contributed by atoms with Gasteiger partial charge in [0.15, 0.2) is 0 Å². The molecule has 0 unspecified atom stereocenters. The Hall–Kier alpha value is -3.56. The van der Waals surface area contributed by atoms with E-state index in [1.165, 1.54) is 6.20 Å². The van der Waals surface area contributed by atoms with E-state index in [-0.39, 0.29) is 11.5 Å². The molecule has 1 aliphatic rings. The summed E-state index contributed by atoms with van der Waals surface area (Å²) in [6.45, 7) is 4.97. The molecule has 0 bridgehead atoms. The third-order valence-corrected chi connectivity index (χ3v) is 6.45. The Balaban J connectivity index is 1.43. The SMILES string of the molecule is CC(=O)N1CCN(c2ccc(Nc3ncc(C(N)=O)c(NCc4ccc(Cl)c(Cl)c4)n3)cc2)CC1. The first kappa shape index (κ1) is 24.6. The van der Waals surface area contributed by atoms with Crippen molar-refractivity contribution in [2.45, 2.75) is 13.5 Å². The number of benzene rings is 2. The van der Waals surface area contributed by atoms with Crippen LogP contribution in [-0.2, 0) is 11.3 Å². The Bertz CT molecular complexity index is 1230. The highest BCUT2D eigenvalue weighted by Gasteiger charge is 2.19. The maximum atomic E-state index is 11.9. The molecule has 0 saturated carbocycles. The zero-order chi connectivity index (χ0) is 24.9. The molecular formula is C24H25Cl2N7O2. The first-order chi connectivity index (χ1) is 16.8. The molecule has 1 aromatic heterocycles. The molecule has 11 heteroatoms. The Labute approximate surface area is 213 Å². The molecule has 0 aliphatic carbocycles. The molecule has 3 aromatic rings. The quantitative estimate of drug-likeness (QED) is 0.438. The van der Waals surface area contributed by atoms with Gasteiger partial charge in [-0.2, -0.15) is 4.98 Å². The van der Waals surface area contributed by atoms with Crippen molar-refractivity contribution in [1.29, 1.82) is 0 Å². The number of carbonyl (C=O) groups excluding carboxylic acids is 2. The number of nitrogens with zero attached hydrogens (tertiary/aromatic N) is 4. The van der Waals surface area contributed by atoms with Crippen molar-refractivity contribution in [2.24, 2.45) is 5.73 Å². The summed E-state index contributed by atoms with van der Waals surface area (Å²) >= 11 is 12.1. The smallest absolute Gasteiger partial charge is 0.254 e.